The summed E-state index contributed by atoms with van der Waals surface area (Å²) in [5.41, 5.74) is 0.735. The molecule has 0 radical (unpaired) electrons. The Bertz CT molecular complexity index is 347. The van der Waals surface area contributed by atoms with Gasteiger partial charge in [0.15, 0.2) is 0 Å². The van der Waals surface area contributed by atoms with Crippen molar-refractivity contribution in [3.63, 3.8) is 0 Å². The fourth-order valence-corrected chi connectivity index (χ4v) is 1.51. The predicted octanol–water partition coefficient (Wildman–Crippen LogP) is 1.45. The molecule has 0 amide bonds. The molecule has 5 nitrogen and oxygen atoms in total. The van der Waals surface area contributed by atoms with Crippen molar-refractivity contribution in [2.24, 2.45) is 0 Å². The summed E-state index contributed by atoms with van der Waals surface area (Å²) in [5.74, 6) is -0.310. The largest absolute Gasteiger partial charge is 0.469 e. The maximum atomic E-state index is 10.9. The van der Waals surface area contributed by atoms with Gasteiger partial charge in [0.05, 0.1) is 31.4 Å². The van der Waals surface area contributed by atoms with Crippen molar-refractivity contribution in [1.82, 2.24) is 9.55 Å². The van der Waals surface area contributed by atoms with E-state index in [9.17, 15) is 9.90 Å². The molecule has 5 heteroatoms. The first-order valence-corrected chi connectivity index (χ1v) is 5.32. The van der Waals surface area contributed by atoms with Gasteiger partial charge in [-0.3, -0.25) is 4.79 Å². The van der Waals surface area contributed by atoms with Crippen LogP contribution in [-0.4, -0.2) is 27.7 Å². The van der Waals surface area contributed by atoms with Crippen LogP contribution in [0.4, 0.5) is 0 Å². The first-order chi connectivity index (χ1) is 7.56. The van der Waals surface area contributed by atoms with Gasteiger partial charge in [-0.2, -0.15) is 0 Å². The second-order valence-electron chi connectivity index (χ2n) is 3.95. The first kappa shape index (κ1) is 12.7. The summed E-state index contributed by atoms with van der Waals surface area (Å²) >= 11 is 0. The summed E-state index contributed by atoms with van der Waals surface area (Å²) in [5, 5.41) is 9.91. The molecule has 1 aromatic rings. The summed E-state index contributed by atoms with van der Waals surface area (Å²) in [7, 11) is 1.34. The molecule has 1 atom stereocenters. The molecule has 1 unspecified atom stereocenters. The second kappa shape index (κ2) is 5.65. The highest BCUT2D eigenvalue weighted by molar-refractivity contribution is 5.69. The summed E-state index contributed by atoms with van der Waals surface area (Å²) in [6.45, 7) is 4.02. The number of aliphatic hydroxyl groups is 1. The lowest BCUT2D eigenvalue weighted by molar-refractivity contribution is -0.141. The van der Waals surface area contributed by atoms with Crippen LogP contribution in [0.2, 0.25) is 0 Å². The molecule has 0 aliphatic carbocycles. The van der Waals surface area contributed by atoms with Crippen LogP contribution < -0.4 is 0 Å². The van der Waals surface area contributed by atoms with E-state index in [1.165, 1.54) is 7.11 Å². The third-order valence-corrected chi connectivity index (χ3v) is 2.44. The summed E-state index contributed by atoms with van der Waals surface area (Å²) in [6, 6.07) is 0.241. The lowest BCUT2D eigenvalue weighted by atomic mass is 10.1. The Kier molecular flexibility index (Phi) is 4.49. The zero-order valence-electron chi connectivity index (χ0n) is 9.88. The van der Waals surface area contributed by atoms with Gasteiger partial charge in [-0.05, 0) is 20.3 Å². The third-order valence-electron chi connectivity index (χ3n) is 2.44. The molecule has 0 bridgehead atoms. The van der Waals surface area contributed by atoms with E-state index >= 15 is 0 Å². The molecular formula is C11H18N2O3. The third kappa shape index (κ3) is 3.06. The van der Waals surface area contributed by atoms with E-state index in [0.717, 1.165) is 5.69 Å². The highest BCUT2D eigenvalue weighted by atomic mass is 16.5. The van der Waals surface area contributed by atoms with Gasteiger partial charge >= 0.3 is 5.97 Å². The Morgan fingerprint density at radius 1 is 1.62 bits per heavy atom. The summed E-state index contributed by atoms with van der Waals surface area (Å²) < 4.78 is 6.41. The number of ether oxygens (including phenoxy) is 1. The first-order valence-electron chi connectivity index (χ1n) is 5.32. The van der Waals surface area contributed by atoms with Crippen molar-refractivity contribution in [2.75, 3.05) is 7.11 Å². The van der Waals surface area contributed by atoms with Crippen LogP contribution in [0.5, 0.6) is 0 Å². The van der Waals surface area contributed by atoms with Crippen LogP contribution in [0.3, 0.4) is 0 Å². The topological polar surface area (TPSA) is 64.3 Å². The van der Waals surface area contributed by atoms with Gasteiger partial charge in [-0.15, -0.1) is 0 Å². The molecule has 0 aromatic carbocycles. The molecule has 1 heterocycles. The van der Waals surface area contributed by atoms with Crippen LogP contribution >= 0.6 is 0 Å². The fourth-order valence-electron chi connectivity index (χ4n) is 1.51. The van der Waals surface area contributed by atoms with E-state index in [1.54, 1.807) is 12.5 Å². The number of imidazole rings is 1. The molecule has 90 valence electrons. The highest BCUT2D eigenvalue weighted by Crippen LogP contribution is 2.21. The van der Waals surface area contributed by atoms with Crippen LogP contribution in [0.15, 0.2) is 12.5 Å². The zero-order valence-corrected chi connectivity index (χ0v) is 9.88. The Hall–Kier alpha value is -1.36. The molecule has 0 aliphatic rings. The Morgan fingerprint density at radius 3 is 2.88 bits per heavy atom. The Labute approximate surface area is 95.1 Å². The average molecular weight is 226 g/mol. The maximum absolute atomic E-state index is 10.9. The minimum Gasteiger partial charge on any atom is -0.469 e. The summed E-state index contributed by atoms with van der Waals surface area (Å²) in [6.07, 6.45) is 3.19. The number of nitrogens with zero attached hydrogens (tertiary/aromatic N) is 2. The lowest BCUT2D eigenvalue weighted by Crippen LogP contribution is -2.11. The van der Waals surface area contributed by atoms with Crippen LogP contribution in [0.1, 0.15) is 44.5 Å². The maximum Gasteiger partial charge on any atom is 0.305 e. The van der Waals surface area contributed by atoms with Crippen molar-refractivity contribution < 1.29 is 14.6 Å². The molecule has 1 N–H and O–H groups in total. The molecule has 1 aromatic heterocycles. The number of rotatable bonds is 5. The van der Waals surface area contributed by atoms with Crippen molar-refractivity contribution in [3.05, 3.63) is 18.2 Å². The minimum absolute atomic E-state index is 0.209. The number of hydrogen-bond donors (Lipinski definition) is 1. The standard InChI is InChI=1S/C11H18N2O3/c1-8(2)13-7-12-6-9(13)10(14)4-5-11(15)16-3/h6-8,10,14H,4-5H2,1-3H3. The highest BCUT2D eigenvalue weighted by Gasteiger charge is 2.16. The van der Waals surface area contributed by atoms with Gasteiger partial charge in [0, 0.05) is 12.5 Å². The number of aliphatic hydroxyl groups excluding tert-OH is 1. The van der Waals surface area contributed by atoms with Gasteiger partial charge in [-0.1, -0.05) is 0 Å². The fraction of sp³-hybridized carbons (Fsp3) is 0.636. The van der Waals surface area contributed by atoms with Crippen molar-refractivity contribution in [2.45, 2.75) is 38.8 Å². The zero-order chi connectivity index (χ0) is 12.1. The van der Waals surface area contributed by atoms with Crippen LogP contribution in [0, 0.1) is 0 Å². The SMILES string of the molecule is COC(=O)CCC(O)c1cncn1C(C)C. The number of aromatic nitrogens is 2. The van der Waals surface area contributed by atoms with E-state index in [1.807, 2.05) is 18.4 Å². The van der Waals surface area contributed by atoms with Gasteiger partial charge in [0.25, 0.3) is 0 Å². The monoisotopic (exact) mass is 226 g/mol. The van der Waals surface area contributed by atoms with Gasteiger partial charge < -0.3 is 14.4 Å². The molecule has 0 spiro atoms. The van der Waals surface area contributed by atoms with Crippen molar-refractivity contribution in [1.29, 1.82) is 0 Å². The number of carbonyl (C=O) groups is 1. The average Bonchev–Trinajstić information content (AvgIpc) is 2.74. The molecule has 1 rings (SSSR count). The minimum atomic E-state index is -0.677. The Balaban J connectivity index is 2.62. The molecule has 0 saturated heterocycles. The number of methoxy groups -OCH3 is 1. The number of carbonyl (C=O) groups excluding carboxylic acids is 1. The van der Waals surface area contributed by atoms with E-state index in [0.29, 0.717) is 6.42 Å². The van der Waals surface area contributed by atoms with E-state index in [2.05, 4.69) is 9.72 Å². The van der Waals surface area contributed by atoms with Gasteiger partial charge in [-0.25, -0.2) is 4.98 Å². The second-order valence-corrected chi connectivity index (χ2v) is 3.95. The Morgan fingerprint density at radius 2 is 2.31 bits per heavy atom. The van der Waals surface area contributed by atoms with Gasteiger partial charge in [0.1, 0.15) is 0 Å². The predicted molar refractivity (Wildman–Crippen MR) is 58.8 cm³/mol. The molecule has 16 heavy (non-hydrogen) atoms. The normalized spacial score (nSPS) is 12.8. The number of esters is 1. The van der Waals surface area contributed by atoms with Crippen LogP contribution in [0.25, 0.3) is 0 Å². The van der Waals surface area contributed by atoms with E-state index in [4.69, 9.17) is 0 Å². The van der Waals surface area contributed by atoms with Gasteiger partial charge in [0.2, 0.25) is 0 Å². The quantitative estimate of drug-likeness (QED) is 0.772. The summed E-state index contributed by atoms with van der Waals surface area (Å²) in [4.78, 5) is 14.9. The van der Waals surface area contributed by atoms with Crippen molar-refractivity contribution in [3.8, 4) is 0 Å². The lowest BCUT2D eigenvalue weighted by Gasteiger charge is -2.15. The molecule has 0 saturated carbocycles. The molecule has 0 aliphatic heterocycles. The number of hydrogen-bond acceptors (Lipinski definition) is 4. The smallest absolute Gasteiger partial charge is 0.305 e. The van der Waals surface area contributed by atoms with Crippen molar-refractivity contribution >= 4 is 5.97 Å². The van der Waals surface area contributed by atoms with Crippen LogP contribution in [-0.2, 0) is 9.53 Å². The van der Waals surface area contributed by atoms with E-state index < -0.39 is 6.10 Å². The molecule has 0 fully saturated rings. The molecular weight excluding hydrogens is 208 g/mol. The van der Waals surface area contributed by atoms with E-state index in [-0.39, 0.29) is 18.4 Å².